The molecular weight excluding hydrogens is 389 g/mol. The predicted octanol–water partition coefficient (Wildman–Crippen LogP) is 2.60. The van der Waals surface area contributed by atoms with E-state index < -0.39 is 5.91 Å². The van der Waals surface area contributed by atoms with Gasteiger partial charge < -0.3 is 20.5 Å². The Morgan fingerprint density at radius 3 is 2.73 bits per heavy atom. The van der Waals surface area contributed by atoms with E-state index >= 15 is 0 Å². The second-order valence-corrected chi connectivity index (χ2v) is 6.76. The Hall–Kier alpha value is -4.08. The third-order valence-electron chi connectivity index (χ3n) is 4.42. The summed E-state index contributed by atoms with van der Waals surface area (Å²) in [5.41, 5.74) is 6.72. The second-order valence-electron chi connectivity index (χ2n) is 6.76. The Bertz CT molecular complexity index is 1240. The van der Waals surface area contributed by atoms with Gasteiger partial charge in [0, 0.05) is 20.6 Å². The number of amides is 1. The first kappa shape index (κ1) is 19.2. The molecular formula is C20H18FN7O2. The van der Waals surface area contributed by atoms with Crippen LogP contribution >= 0.6 is 0 Å². The third kappa shape index (κ3) is 3.62. The summed E-state index contributed by atoms with van der Waals surface area (Å²) in [7, 11) is 3.61. The average molecular weight is 407 g/mol. The molecule has 0 fully saturated rings. The number of hydrogen-bond donors (Lipinski definition) is 2. The van der Waals surface area contributed by atoms with Gasteiger partial charge in [0.25, 0.3) is 5.91 Å². The van der Waals surface area contributed by atoms with Gasteiger partial charge in [0.1, 0.15) is 11.3 Å². The van der Waals surface area contributed by atoms with Crippen molar-refractivity contribution in [2.24, 2.45) is 5.73 Å². The van der Waals surface area contributed by atoms with Gasteiger partial charge in [0.05, 0.1) is 10.9 Å². The van der Waals surface area contributed by atoms with Crippen molar-refractivity contribution in [1.82, 2.24) is 20.3 Å². The fourth-order valence-corrected chi connectivity index (χ4v) is 2.99. The van der Waals surface area contributed by atoms with Crippen LogP contribution in [0.3, 0.4) is 0 Å². The maximum Gasteiger partial charge on any atom is 0.251 e. The largest absolute Gasteiger partial charge is 0.366 e. The van der Waals surface area contributed by atoms with Gasteiger partial charge >= 0.3 is 0 Å². The number of nitrogens with two attached hydrogens (primary N) is 1. The van der Waals surface area contributed by atoms with Gasteiger partial charge in [-0.2, -0.15) is 0 Å². The molecule has 0 spiro atoms. The topological polar surface area (TPSA) is 123 Å². The van der Waals surface area contributed by atoms with Gasteiger partial charge in [0.15, 0.2) is 11.6 Å². The molecule has 2 heterocycles. The van der Waals surface area contributed by atoms with Crippen molar-refractivity contribution in [3.05, 3.63) is 59.4 Å². The van der Waals surface area contributed by atoms with Crippen molar-refractivity contribution in [3.8, 4) is 11.6 Å². The summed E-state index contributed by atoms with van der Waals surface area (Å²) in [6.45, 7) is 0.333. The van der Waals surface area contributed by atoms with Gasteiger partial charge in [-0.05, 0) is 29.8 Å². The summed E-state index contributed by atoms with van der Waals surface area (Å²) < 4.78 is 18.9. The molecule has 0 aliphatic carbocycles. The molecule has 30 heavy (non-hydrogen) atoms. The molecule has 4 aromatic rings. The van der Waals surface area contributed by atoms with E-state index in [1.165, 1.54) is 12.1 Å². The van der Waals surface area contributed by atoms with Crippen molar-refractivity contribution in [3.63, 3.8) is 0 Å². The summed E-state index contributed by atoms with van der Waals surface area (Å²) >= 11 is 0. The van der Waals surface area contributed by atoms with E-state index in [-0.39, 0.29) is 23.0 Å². The number of rotatable bonds is 6. The highest BCUT2D eigenvalue weighted by Gasteiger charge is 2.20. The van der Waals surface area contributed by atoms with E-state index in [4.69, 9.17) is 10.3 Å². The lowest BCUT2D eigenvalue weighted by atomic mass is 10.1. The number of halogens is 1. The zero-order chi connectivity index (χ0) is 21.3. The Morgan fingerprint density at radius 1 is 1.20 bits per heavy atom. The van der Waals surface area contributed by atoms with Crippen molar-refractivity contribution in [2.75, 3.05) is 24.3 Å². The number of nitrogens with zero attached hydrogens (tertiary/aromatic N) is 5. The summed E-state index contributed by atoms with van der Waals surface area (Å²) in [6.07, 6.45) is 0. The van der Waals surface area contributed by atoms with Crippen LogP contribution in [0.1, 0.15) is 15.9 Å². The fourth-order valence-electron chi connectivity index (χ4n) is 2.99. The van der Waals surface area contributed by atoms with Crippen molar-refractivity contribution >= 4 is 28.4 Å². The molecule has 0 unspecified atom stereocenters. The molecule has 10 heteroatoms. The lowest BCUT2D eigenvalue weighted by Gasteiger charge is -2.16. The lowest BCUT2D eigenvalue weighted by molar-refractivity contribution is 0.100. The molecule has 3 N–H and O–H groups in total. The highest BCUT2D eigenvalue weighted by molar-refractivity contribution is 6.07. The van der Waals surface area contributed by atoms with Crippen LogP contribution in [0.5, 0.6) is 0 Å². The smallest absolute Gasteiger partial charge is 0.251 e. The highest BCUT2D eigenvalue weighted by atomic mass is 19.1. The number of primary amides is 1. The van der Waals surface area contributed by atoms with E-state index in [2.05, 4.69) is 25.7 Å². The summed E-state index contributed by atoms with van der Waals surface area (Å²) in [6, 6.07) is 11.2. The van der Waals surface area contributed by atoms with E-state index in [1.807, 2.05) is 14.1 Å². The fraction of sp³-hybridized carbons (Fsp3) is 0.150. The first-order valence-corrected chi connectivity index (χ1v) is 9.03. The van der Waals surface area contributed by atoms with Gasteiger partial charge in [-0.3, -0.25) is 4.79 Å². The lowest BCUT2D eigenvalue weighted by Crippen LogP contribution is -2.16. The van der Waals surface area contributed by atoms with Crippen LogP contribution in [0.2, 0.25) is 0 Å². The first-order valence-electron chi connectivity index (χ1n) is 9.03. The first-order chi connectivity index (χ1) is 14.4. The number of carbonyl (C=O) groups is 1. The molecule has 9 nitrogen and oxygen atoms in total. The molecule has 0 bridgehead atoms. The Labute approximate surface area is 170 Å². The molecule has 0 atom stereocenters. The van der Waals surface area contributed by atoms with Gasteiger partial charge in [-0.1, -0.05) is 23.4 Å². The van der Waals surface area contributed by atoms with Gasteiger partial charge in [-0.15, -0.1) is 10.2 Å². The zero-order valence-electron chi connectivity index (χ0n) is 16.3. The molecule has 0 saturated carbocycles. The number of fused-ring (bicyclic) bond motifs is 1. The van der Waals surface area contributed by atoms with E-state index in [0.29, 0.717) is 29.1 Å². The third-order valence-corrected chi connectivity index (χ3v) is 4.42. The number of carbonyl (C=O) groups excluding carboxylic acids is 1. The minimum absolute atomic E-state index is 0.187. The maximum absolute atomic E-state index is 13.5. The number of aromatic nitrogens is 4. The van der Waals surface area contributed by atoms with E-state index in [9.17, 15) is 9.18 Å². The molecule has 1 amide bonds. The van der Waals surface area contributed by atoms with Gasteiger partial charge in [-0.25, -0.2) is 9.37 Å². The quantitative estimate of drug-likeness (QED) is 0.500. The number of nitrogens with one attached hydrogen (secondary N) is 1. The molecule has 152 valence electrons. The Kier molecular flexibility index (Phi) is 4.97. The van der Waals surface area contributed by atoms with Crippen LogP contribution in [0.4, 0.5) is 16.0 Å². The molecule has 0 aliphatic rings. The van der Waals surface area contributed by atoms with Crippen LogP contribution < -0.4 is 16.0 Å². The number of benzene rings is 2. The van der Waals surface area contributed by atoms with Crippen molar-refractivity contribution < 1.29 is 13.7 Å². The Morgan fingerprint density at radius 2 is 2.00 bits per heavy atom. The monoisotopic (exact) mass is 407 g/mol. The second kappa shape index (κ2) is 7.74. The molecule has 2 aromatic carbocycles. The number of anilines is 2. The summed E-state index contributed by atoms with van der Waals surface area (Å²) in [4.78, 5) is 17.9. The molecule has 0 radical (unpaired) electrons. The van der Waals surface area contributed by atoms with Crippen LogP contribution in [-0.2, 0) is 6.54 Å². The SMILES string of the molecule is CN(C)c1nnc(-c2onc3c(C(N)=O)cccc23)nc1NCc1cccc(F)c1. The molecule has 0 saturated heterocycles. The van der Waals surface area contributed by atoms with Crippen LogP contribution in [-0.4, -0.2) is 40.3 Å². The summed E-state index contributed by atoms with van der Waals surface area (Å²) in [5, 5.41) is 16.0. The molecule has 4 rings (SSSR count). The number of hydrogen-bond acceptors (Lipinski definition) is 8. The van der Waals surface area contributed by atoms with E-state index in [0.717, 1.165) is 5.56 Å². The van der Waals surface area contributed by atoms with Crippen molar-refractivity contribution in [2.45, 2.75) is 6.54 Å². The Balaban J connectivity index is 1.73. The molecule has 2 aromatic heterocycles. The van der Waals surface area contributed by atoms with Crippen LogP contribution in [0.25, 0.3) is 22.5 Å². The minimum atomic E-state index is -0.611. The standard InChI is InChI=1S/C20H18FN7O2/c1-28(2)20-19(23-10-11-5-3-6-12(21)9-11)24-18(25-26-20)16-13-7-4-8-14(17(22)29)15(13)27-30-16/h3-9H,10H2,1-2H3,(H2,22,29)(H,23,24,25). The molecule has 0 aliphatic heterocycles. The zero-order valence-corrected chi connectivity index (χ0v) is 16.3. The normalized spacial score (nSPS) is 10.9. The maximum atomic E-state index is 13.5. The van der Waals surface area contributed by atoms with Gasteiger partial charge in [0.2, 0.25) is 11.6 Å². The van der Waals surface area contributed by atoms with E-state index in [1.54, 1.807) is 35.2 Å². The van der Waals surface area contributed by atoms with Crippen LogP contribution in [0.15, 0.2) is 47.0 Å². The minimum Gasteiger partial charge on any atom is -0.366 e. The average Bonchev–Trinajstić information content (AvgIpc) is 3.16. The predicted molar refractivity (Wildman–Crippen MR) is 109 cm³/mol. The summed E-state index contributed by atoms with van der Waals surface area (Å²) in [5.74, 6) is 0.453. The highest BCUT2D eigenvalue weighted by Crippen LogP contribution is 2.30. The van der Waals surface area contributed by atoms with Crippen LogP contribution in [0, 0.1) is 5.82 Å². The van der Waals surface area contributed by atoms with Crippen molar-refractivity contribution in [1.29, 1.82) is 0 Å².